The lowest BCUT2D eigenvalue weighted by atomic mass is 10.3. The summed E-state index contributed by atoms with van der Waals surface area (Å²) < 4.78 is 29.2. The van der Waals surface area contributed by atoms with Gasteiger partial charge in [0.15, 0.2) is 10.6 Å². The molecule has 2 unspecified atom stereocenters. The van der Waals surface area contributed by atoms with E-state index in [1.807, 2.05) is 4.57 Å². The number of aromatic nitrogens is 2. The monoisotopic (exact) mass is 254 g/mol. The van der Waals surface area contributed by atoms with Crippen molar-refractivity contribution in [1.82, 2.24) is 9.55 Å². The van der Waals surface area contributed by atoms with Crippen LogP contribution in [0.2, 0.25) is 0 Å². The minimum Gasteiger partial charge on any atom is -0.328 e. The van der Waals surface area contributed by atoms with Crippen molar-refractivity contribution < 1.29 is 8.78 Å². The third kappa shape index (κ3) is 1.60. The van der Waals surface area contributed by atoms with E-state index in [4.69, 9.17) is 12.2 Å². The van der Waals surface area contributed by atoms with E-state index < -0.39 is 11.6 Å². The number of hydrogen-bond acceptors (Lipinski definition) is 1. The average Bonchev–Trinajstić information content (AvgIpc) is 2.96. The van der Waals surface area contributed by atoms with E-state index in [9.17, 15) is 8.78 Å². The van der Waals surface area contributed by atoms with E-state index >= 15 is 0 Å². The van der Waals surface area contributed by atoms with E-state index in [2.05, 4.69) is 11.9 Å². The second kappa shape index (κ2) is 3.63. The maximum absolute atomic E-state index is 13.6. The van der Waals surface area contributed by atoms with Crippen molar-refractivity contribution in [2.75, 3.05) is 0 Å². The van der Waals surface area contributed by atoms with Crippen LogP contribution >= 0.6 is 12.2 Å². The fourth-order valence-corrected chi connectivity index (χ4v) is 2.80. The highest BCUT2D eigenvalue weighted by atomic mass is 32.1. The van der Waals surface area contributed by atoms with Gasteiger partial charge in [0.05, 0.1) is 5.52 Å². The Bertz CT molecular complexity index is 644. The molecule has 1 N–H and O–H groups in total. The van der Waals surface area contributed by atoms with Gasteiger partial charge >= 0.3 is 0 Å². The molecule has 5 heteroatoms. The number of nitrogens with one attached hydrogen (secondary N) is 1. The quantitative estimate of drug-likeness (QED) is 0.805. The molecule has 0 aliphatic heterocycles. The zero-order valence-corrected chi connectivity index (χ0v) is 10.2. The number of halogens is 2. The Morgan fingerprint density at radius 3 is 2.88 bits per heavy atom. The third-order valence-corrected chi connectivity index (χ3v) is 3.78. The Kier molecular flexibility index (Phi) is 2.33. The van der Waals surface area contributed by atoms with Crippen molar-refractivity contribution in [1.29, 1.82) is 0 Å². The van der Waals surface area contributed by atoms with E-state index in [0.717, 1.165) is 18.9 Å². The van der Waals surface area contributed by atoms with Gasteiger partial charge in [-0.15, -0.1) is 0 Å². The maximum Gasteiger partial charge on any atom is 0.178 e. The topological polar surface area (TPSA) is 20.7 Å². The van der Waals surface area contributed by atoms with Crippen LogP contribution in [0.25, 0.3) is 11.0 Å². The Balaban J connectivity index is 2.24. The summed E-state index contributed by atoms with van der Waals surface area (Å²) >= 11 is 5.19. The molecular formula is C12H12F2N2S. The summed E-state index contributed by atoms with van der Waals surface area (Å²) in [4.78, 5) is 2.82. The Morgan fingerprint density at radius 1 is 1.47 bits per heavy atom. The molecule has 0 spiro atoms. The number of fused-ring (bicyclic) bond motifs is 1. The van der Waals surface area contributed by atoms with Crippen LogP contribution < -0.4 is 0 Å². The molecular weight excluding hydrogens is 242 g/mol. The minimum absolute atomic E-state index is 0.294. The predicted octanol–water partition coefficient (Wildman–Crippen LogP) is 3.95. The number of hydrogen-bond donors (Lipinski definition) is 1. The van der Waals surface area contributed by atoms with Gasteiger partial charge in [-0.2, -0.15) is 0 Å². The Labute approximate surface area is 102 Å². The fourth-order valence-electron chi connectivity index (χ4n) is 2.47. The first-order valence-corrected chi connectivity index (χ1v) is 6.12. The zero-order valence-electron chi connectivity index (χ0n) is 9.34. The van der Waals surface area contributed by atoms with Crippen LogP contribution in [0.4, 0.5) is 8.78 Å². The SMILES string of the molecule is CCC1CC1n1c(=S)[nH]c2c(F)cc(F)cc21. The molecule has 1 heterocycles. The first-order valence-electron chi connectivity index (χ1n) is 5.71. The molecule has 1 aliphatic carbocycles. The van der Waals surface area contributed by atoms with Crippen molar-refractivity contribution in [3.63, 3.8) is 0 Å². The van der Waals surface area contributed by atoms with Gasteiger partial charge in [0.1, 0.15) is 11.3 Å². The largest absolute Gasteiger partial charge is 0.328 e. The molecule has 0 amide bonds. The number of rotatable bonds is 2. The van der Waals surface area contributed by atoms with Crippen LogP contribution in [-0.2, 0) is 0 Å². The highest BCUT2D eigenvalue weighted by Gasteiger charge is 2.38. The predicted molar refractivity (Wildman–Crippen MR) is 64.5 cm³/mol. The molecule has 2 atom stereocenters. The molecule has 2 nitrogen and oxygen atoms in total. The Hall–Kier alpha value is -1.23. The first kappa shape index (κ1) is 10.9. The molecule has 1 aromatic carbocycles. The van der Waals surface area contributed by atoms with Gasteiger partial charge in [-0.05, 0) is 30.6 Å². The third-order valence-electron chi connectivity index (χ3n) is 3.49. The molecule has 2 aromatic rings. The van der Waals surface area contributed by atoms with Crippen molar-refractivity contribution in [3.8, 4) is 0 Å². The van der Waals surface area contributed by atoms with Crippen LogP contribution in [0.15, 0.2) is 12.1 Å². The van der Waals surface area contributed by atoms with Gasteiger partial charge in [-0.3, -0.25) is 0 Å². The first-order chi connectivity index (χ1) is 8.11. The molecule has 0 saturated heterocycles. The lowest BCUT2D eigenvalue weighted by Crippen LogP contribution is -1.96. The van der Waals surface area contributed by atoms with Crippen molar-refractivity contribution in [3.05, 3.63) is 28.5 Å². The van der Waals surface area contributed by atoms with E-state index in [-0.39, 0.29) is 0 Å². The Morgan fingerprint density at radius 2 is 2.24 bits per heavy atom. The smallest absolute Gasteiger partial charge is 0.178 e. The average molecular weight is 254 g/mol. The summed E-state index contributed by atoms with van der Waals surface area (Å²) in [5.74, 6) is -0.572. The number of imidazole rings is 1. The summed E-state index contributed by atoms with van der Waals surface area (Å²) in [6, 6.07) is 2.51. The molecule has 17 heavy (non-hydrogen) atoms. The van der Waals surface area contributed by atoms with Gasteiger partial charge in [0.2, 0.25) is 0 Å². The van der Waals surface area contributed by atoms with Crippen LogP contribution in [0.3, 0.4) is 0 Å². The van der Waals surface area contributed by atoms with Gasteiger partial charge in [0, 0.05) is 12.1 Å². The summed E-state index contributed by atoms with van der Waals surface area (Å²) in [7, 11) is 0. The summed E-state index contributed by atoms with van der Waals surface area (Å²) in [6.07, 6.45) is 2.10. The fraction of sp³-hybridized carbons (Fsp3) is 0.417. The van der Waals surface area contributed by atoms with E-state index in [0.29, 0.717) is 27.8 Å². The standard InChI is InChI=1S/C12H12F2N2S/c1-2-6-3-9(6)16-10-5-7(13)4-8(14)11(10)15-12(16)17/h4-6,9H,2-3H2,1H3,(H,15,17). The van der Waals surface area contributed by atoms with E-state index in [1.165, 1.54) is 6.07 Å². The summed E-state index contributed by atoms with van der Waals surface area (Å²) in [6.45, 7) is 2.12. The van der Waals surface area contributed by atoms with Gasteiger partial charge < -0.3 is 9.55 Å². The minimum atomic E-state index is -0.585. The molecule has 3 rings (SSSR count). The summed E-state index contributed by atoms with van der Waals surface area (Å²) in [5.41, 5.74) is 0.839. The second-order valence-corrected chi connectivity index (χ2v) is 4.94. The van der Waals surface area contributed by atoms with Gasteiger partial charge in [-0.25, -0.2) is 8.78 Å². The molecule has 1 fully saturated rings. The second-order valence-electron chi connectivity index (χ2n) is 4.55. The molecule has 90 valence electrons. The van der Waals surface area contributed by atoms with E-state index in [1.54, 1.807) is 0 Å². The van der Waals surface area contributed by atoms with Crippen molar-refractivity contribution >= 4 is 23.3 Å². The highest BCUT2D eigenvalue weighted by Crippen LogP contribution is 2.47. The van der Waals surface area contributed by atoms with Crippen molar-refractivity contribution in [2.24, 2.45) is 5.92 Å². The molecule has 0 bridgehead atoms. The van der Waals surface area contributed by atoms with Gasteiger partial charge in [0.25, 0.3) is 0 Å². The van der Waals surface area contributed by atoms with Gasteiger partial charge in [-0.1, -0.05) is 13.3 Å². The lowest BCUT2D eigenvalue weighted by molar-refractivity contribution is 0.589. The van der Waals surface area contributed by atoms with Crippen LogP contribution in [0, 0.1) is 22.3 Å². The number of aromatic amines is 1. The number of H-pyrrole nitrogens is 1. The lowest BCUT2D eigenvalue weighted by Gasteiger charge is -2.03. The van der Waals surface area contributed by atoms with Crippen molar-refractivity contribution in [2.45, 2.75) is 25.8 Å². The van der Waals surface area contributed by atoms with Crippen LogP contribution in [-0.4, -0.2) is 9.55 Å². The molecule has 1 aliphatic rings. The normalized spacial score (nSPS) is 23.2. The van der Waals surface area contributed by atoms with Crippen LogP contribution in [0.1, 0.15) is 25.8 Å². The van der Waals surface area contributed by atoms with Crippen LogP contribution in [0.5, 0.6) is 0 Å². The number of benzene rings is 1. The molecule has 1 aromatic heterocycles. The maximum atomic E-state index is 13.6. The zero-order chi connectivity index (χ0) is 12.2. The number of nitrogens with zero attached hydrogens (tertiary/aromatic N) is 1. The molecule has 1 saturated carbocycles. The highest BCUT2D eigenvalue weighted by molar-refractivity contribution is 7.71. The molecule has 0 radical (unpaired) electrons. The summed E-state index contributed by atoms with van der Waals surface area (Å²) in [5, 5.41) is 0.